The lowest BCUT2D eigenvalue weighted by molar-refractivity contribution is -0.152. The highest BCUT2D eigenvalue weighted by atomic mass is 16.4. The molecule has 0 aromatic carbocycles. The molecule has 8 nitrogen and oxygen atoms in total. The molecule has 2 fully saturated rings. The summed E-state index contributed by atoms with van der Waals surface area (Å²) in [6, 6.07) is -0.508. The second-order valence-electron chi connectivity index (χ2n) is 6.24. The van der Waals surface area contributed by atoms with Crippen LogP contribution in [-0.2, 0) is 14.4 Å². The quantitative estimate of drug-likeness (QED) is 0.618. The Balaban J connectivity index is 1.95. The fourth-order valence-corrected chi connectivity index (χ4v) is 2.58. The number of rotatable bonds is 3. The Morgan fingerprint density at radius 2 is 1.86 bits per heavy atom. The molecule has 2 saturated heterocycles. The van der Waals surface area contributed by atoms with Crippen molar-refractivity contribution in [2.24, 2.45) is 5.41 Å². The van der Waals surface area contributed by atoms with Gasteiger partial charge in [-0.15, -0.1) is 0 Å². The Morgan fingerprint density at radius 1 is 1.29 bits per heavy atom. The molecule has 0 bridgehead atoms. The van der Waals surface area contributed by atoms with Gasteiger partial charge in [0.15, 0.2) is 0 Å². The van der Waals surface area contributed by atoms with E-state index in [1.54, 1.807) is 4.90 Å². The minimum atomic E-state index is -1.12. The number of imide groups is 1. The lowest BCUT2D eigenvalue weighted by Gasteiger charge is -2.37. The molecule has 2 aliphatic rings. The van der Waals surface area contributed by atoms with Gasteiger partial charge in [0.2, 0.25) is 5.91 Å². The lowest BCUT2D eigenvalue weighted by Crippen LogP contribution is -2.56. The number of amides is 4. The number of nitrogens with one attached hydrogen (secondary N) is 2. The summed E-state index contributed by atoms with van der Waals surface area (Å²) in [7, 11) is 0. The van der Waals surface area contributed by atoms with Crippen LogP contribution in [0.25, 0.3) is 0 Å². The topological polar surface area (TPSA) is 116 Å². The number of aliphatic carboxylic acids is 1. The summed E-state index contributed by atoms with van der Waals surface area (Å²) in [5.41, 5.74) is -2.04. The molecule has 4 amide bonds. The van der Waals surface area contributed by atoms with Crippen LogP contribution >= 0.6 is 0 Å². The Bertz CT molecular complexity index is 506. The smallest absolute Gasteiger partial charge is 0.322 e. The lowest BCUT2D eigenvalue weighted by atomic mass is 9.85. The monoisotopic (exact) mass is 297 g/mol. The highest BCUT2D eigenvalue weighted by Crippen LogP contribution is 2.28. The minimum Gasteiger partial charge on any atom is -0.481 e. The summed E-state index contributed by atoms with van der Waals surface area (Å²) in [5.74, 6) is -1.63. The van der Waals surface area contributed by atoms with Crippen molar-refractivity contribution in [1.82, 2.24) is 15.5 Å². The molecule has 0 aromatic rings. The summed E-state index contributed by atoms with van der Waals surface area (Å²) < 4.78 is 0. The van der Waals surface area contributed by atoms with Gasteiger partial charge in [0.25, 0.3) is 5.91 Å². The molecular formula is C13H19N3O5. The van der Waals surface area contributed by atoms with Gasteiger partial charge >= 0.3 is 12.0 Å². The third kappa shape index (κ3) is 2.84. The molecule has 2 rings (SSSR count). The molecule has 0 aliphatic carbocycles. The molecule has 21 heavy (non-hydrogen) atoms. The maximum atomic E-state index is 12.1. The van der Waals surface area contributed by atoms with Gasteiger partial charge in [0, 0.05) is 19.5 Å². The molecule has 116 valence electrons. The average Bonchev–Trinajstić information content (AvgIpc) is 2.64. The molecule has 0 saturated carbocycles. The second-order valence-corrected chi connectivity index (χ2v) is 6.24. The number of hydrogen-bond acceptors (Lipinski definition) is 4. The van der Waals surface area contributed by atoms with Gasteiger partial charge in [-0.25, -0.2) is 4.79 Å². The van der Waals surface area contributed by atoms with Gasteiger partial charge in [-0.1, -0.05) is 0 Å². The van der Waals surface area contributed by atoms with E-state index in [-0.39, 0.29) is 18.2 Å². The maximum absolute atomic E-state index is 12.1. The van der Waals surface area contributed by atoms with Crippen LogP contribution in [0.2, 0.25) is 0 Å². The van der Waals surface area contributed by atoms with Crippen LogP contribution in [0.4, 0.5) is 4.79 Å². The number of urea groups is 1. The number of likely N-dealkylation sites (tertiary alicyclic amines) is 1. The first-order valence-corrected chi connectivity index (χ1v) is 6.81. The standard InChI is InChI=1S/C13H19N3O5/c1-12(2,10(19)20)7-8(17)16-5-3-13(4-6-16)9(18)14-11(21)15-13/h3-7H2,1-2H3,(H,19,20)(H2,14,15,18,21). The second kappa shape index (κ2) is 5.01. The van der Waals surface area contributed by atoms with Crippen LogP contribution in [-0.4, -0.2) is 52.4 Å². The third-order valence-corrected chi connectivity index (χ3v) is 4.16. The molecule has 3 N–H and O–H groups in total. The van der Waals surface area contributed by atoms with Gasteiger partial charge < -0.3 is 15.3 Å². The molecule has 2 heterocycles. The Labute approximate surface area is 121 Å². The number of carbonyl (C=O) groups is 4. The Morgan fingerprint density at radius 3 is 2.29 bits per heavy atom. The highest BCUT2D eigenvalue weighted by molar-refractivity contribution is 6.07. The van der Waals surface area contributed by atoms with E-state index in [9.17, 15) is 19.2 Å². The van der Waals surface area contributed by atoms with E-state index < -0.39 is 23.0 Å². The zero-order valence-corrected chi connectivity index (χ0v) is 12.1. The summed E-state index contributed by atoms with van der Waals surface area (Å²) in [4.78, 5) is 47.7. The minimum absolute atomic E-state index is 0.0894. The normalized spacial score (nSPS) is 21.1. The molecular weight excluding hydrogens is 278 g/mol. The fraction of sp³-hybridized carbons (Fsp3) is 0.692. The van der Waals surface area contributed by atoms with Crippen molar-refractivity contribution in [3.05, 3.63) is 0 Å². The first-order valence-electron chi connectivity index (χ1n) is 6.81. The van der Waals surface area contributed by atoms with Crippen molar-refractivity contribution in [2.45, 2.75) is 38.6 Å². The number of nitrogens with zero attached hydrogens (tertiary/aromatic N) is 1. The van der Waals surface area contributed by atoms with Crippen molar-refractivity contribution < 1.29 is 24.3 Å². The number of piperidine rings is 1. The number of carboxylic acids is 1. The molecule has 1 spiro atoms. The van der Waals surface area contributed by atoms with E-state index in [2.05, 4.69) is 10.6 Å². The summed E-state index contributed by atoms with van der Waals surface area (Å²) >= 11 is 0. The van der Waals surface area contributed by atoms with E-state index in [4.69, 9.17) is 5.11 Å². The van der Waals surface area contributed by atoms with Gasteiger partial charge in [-0.2, -0.15) is 0 Å². The summed E-state index contributed by atoms with van der Waals surface area (Å²) in [5, 5.41) is 13.9. The molecule has 2 aliphatic heterocycles. The van der Waals surface area contributed by atoms with E-state index in [1.807, 2.05) is 0 Å². The Hall–Kier alpha value is -2.12. The molecule has 0 unspecified atom stereocenters. The summed E-state index contributed by atoms with van der Waals surface area (Å²) in [6.45, 7) is 3.65. The van der Waals surface area contributed by atoms with E-state index in [1.165, 1.54) is 13.8 Å². The van der Waals surface area contributed by atoms with E-state index in [0.29, 0.717) is 25.9 Å². The fourth-order valence-electron chi connectivity index (χ4n) is 2.58. The van der Waals surface area contributed by atoms with Crippen molar-refractivity contribution in [3.8, 4) is 0 Å². The number of carboxylic acid groups (broad SMARTS) is 1. The van der Waals surface area contributed by atoms with Gasteiger partial charge in [0.1, 0.15) is 5.54 Å². The first kappa shape index (κ1) is 15.3. The third-order valence-electron chi connectivity index (χ3n) is 4.16. The highest BCUT2D eigenvalue weighted by Gasteiger charge is 2.48. The van der Waals surface area contributed by atoms with Crippen molar-refractivity contribution in [2.75, 3.05) is 13.1 Å². The van der Waals surface area contributed by atoms with Gasteiger partial charge in [-0.3, -0.25) is 19.7 Å². The SMILES string of the molecule is CC(C)(CC(=O)N1CCC2(CC1)NC(=O)NC2=O)C(=O)O. The van der Waals surface area contributed by atoms with Gasteiger partial charge in [0.05, 0.1) is 5.41 Å². The first-order chi connectivity index (χ1) is 9.66. The van der Waals surface area contributed by atoms with Crippen LogP contribution in [0, 0.1) is 5.41 Å². The zero-order chi connectivity index (χ0) is 15.8. The van der Waals surface area contributed by atoms with E-state index >= 15 is 0 Å². The van der Waals surface area contributed by atoms with Crippen LogP contribution in [0.15, 0.2) is 0 Å². The predicted octanol–water partition coefficient (Wildman–Crippen LogP) is -0.312. The average molecular weight is 297 g/mol. The Kier molecular flexibility index (Phi) is 3.65. The summed E-state index contributed by atoms with van der Waals surface area (Å²) in [6.07, 6.45) is 0.585. The maximum Gasteiger partial charge on any atom is 0.322 e. The molecule has 0 aromatic heterocycles. The zero-order valence-electron chi connectivity index (χ0n) is 12.1. The van der Waals surface area contributed by atoms with Crippen molar-refractivity contribution in [3.63, 3.8) is 0 Å². The van der Waals surface area contributed by atoms with Crippen molar-refractivity contribution >= 4 is 23.8 Å². The van der Waals surface area contributed by atoms with E-state index in [0.717, 1.165) is 0 Å². The van der Waals surface area contributed by atoms with Crippen molar-refractivity contribution in [1.29, 1.82) is 0 Å². The predicted molar refractivity (Wildman–Crippen MR) is 71.3 cm³/mol. The molecule has 8 heteroatoms. The number of hydrogen-bond donors (Lipinski definition) is 3. The molecule has 0 radical (unpaired) electrons. The van der Waals surface area contributed by atoms with Crippen LogP contribution in [0.3, 0.4) is 0 Å². The number of carbonyl (C=O) groups excluding carboxylic acids is 3. The molecule has 0 atom stereocenters. The van der Waals surface area contributed by atoms with Crippen LogP contribution < -0.4 is 10.6 Å². The van der Waals surface area contributed by atoms with Crippen LogP contribution in [0.1, 0.15) is 33.1 Å². The van der Waals surface area contributed by atoms with Gasteiger partial charge in [-0.05, 0) is 26.7 Å². The van der Waals surface area contributed by atoms with Crippen LogP contribution in [0.5, 0.6) is 0 Å². The largest absolute Gasteiger partial charge is 0.481 e.